The number of anilines is 1. The summed E-state index contributed by atoms with van der Waals surface area (Å²) in [6.07, 6.45) is 4.76. The number of carbonyl (C=O) groups excluding carboxylic acids is 1. The van der Waals surface area contributed by atoms with Gasteiger partial charge in [0, 0.05) is 51.4 Å². The molecule has 2 saturated heterocycles. The van der Waals surface area contributed by atoms with Gasteiger partial charge in [-0.05, 0) is 49.2 Å². The van der Waals surface area contributed by atoms with E-state index in [-0.39, 0.29) is 5.91 Å². The Hall–Kier alpha value is -2.60. The lowest BCUT2D eigenvalue weighted by Gasteiger charge is -2.36. The summed E-state index contributed by atoms with van der Waals surface area (Å²) in [5.41, 5.74) is 1.32. The fraction of sp³-hybridized carbons (Fsp3) is 0.478. The first kappa shape index (κ1) is 19.7. The molecule has 0 bridgehead atoms. The Balaban J connectivity index is 1.27. The van der Waals surface area contributed by atoms with Gasteiger partial charge in [-0.1, -0.05) is 18.2 Å². The second-order valence-electron chi connectivity index (χ2n) is 7.77. The van der Waals surface area contributed by atoms with Gasteiger partial charge in [-0.15, -0.1) is 0 Å². The van der Waals surface area contributed by atoms with E-state index in [1.807, 2.05) is 41.4 Å². The highest BCUT2D eigenvalue weighted by Crippen LogP contribution is 2.32. The molecular weight excluding hydrogens is 364 g/mol. The summed E-state index contributed by atoms with van der Waals surface area (Å²) in [6, 6.07) is 14.7. The summed E-state index contributed by atoms with van der Waals surface area (Å²) in [4.78, 5) is 23.9. The lowest BCUT2D eigenvalue weighted by atomic mass is 10.0. The number of hydrogen-bond acceptors (Lipinski definition) is 5. The minimum Gasteiger partial charge on any atom is -0.497 e. The van der Waals surface area contributed by atoms with Crippen LogP contribution in [0.15, 0.2) is 48.7 Å². The summed E-state index contributed by atoms with van der Waals surface area (Å²) in [5.74, 6) is 2.16. The van der Waals surface area contributed by atoms with E-state index in [4.69, 9.17) is 4.74 Å². The van der Waals surface area contributed by atoms with Crippen LogP contribution in [0.2, 0.25) is 0 Å². The second-order valence-corrected chi connectivity index (χ2v) is 7.77. The minimum absolute atomic E-state index is 0.269. The van der Waals surface area contributed by atoms with Crippen LogP contribution >= 0.6 is 0 Å². The molecule has 6 nitrogen and oxygen atoms in total. The monoisotopic (exact) mass is 394 g/mol. The number of methoxy groups -OCH3 is 1. The molecule has 0 aliphatic carbocycles. The average Bonchev–Trinajstić information content (AvgIpc) is 3.27. The van der Waals surface area contributed by atoms with E-state index in [2.05, 4.69) is 26.9 Å². The second kappa shape index (κ2) is 9.27. The molecule has 4 rings (SSSR count). The molecule has 2 aromatic rings. The number of ether oxygens (including phenoxy) is 1. The van der Waals surface area contributed by atoms with Crippen LogP contribution in [0, 0.1) is 0 Å². The Morgan fingerprint density at radius 3 is 2.55 bits per heavy atom. The molecular formula is C23H30N4O2. The van der Waals surface area contributed by atoms with Crippen molar-refractivity contribution in [3.8, 4) is 5.75 Å². The van der Waals surface area contributed by atoms with Crippen LogP contribution in [0.5, 0.6) is 5.75 Å². The maximum absolute atomic E-state index is 12.8. The summed E-state index contributed by atoms with van der Waals surface area (Å²) in [6.45, 7) is 5.14. The van der Waals surface area contributed by atoms with E-state index >= 15 is 0 Å². The number of aromatic nitrogens is 1. The van der Waals surface area contributed by atoms with Crippen molar-refractivity contribution in [2.24, 2.45) is 0 Å². The smallest absolute Gasteiger partial charge is 0.223 e. The van der Waals surface area contributed by atoms with E-state index in [1.165, 1.54) is 12.0 Å². The zero-order valence-electron chi connectivity index (χ0n) is 17.2. The molecule has 0 unspecified atom stereocenters. The first-order valence-electron chi connectivity index (χ1n) is 10.6. The van der Waals surface area contributed by atoms with E-state index < -0.39 is 0 Å². The molecule has 2 fully saturated rings. The Morgan fingerprint density at radius 2 is 1.86 bits per heavy atom. The minimum atomic E-state index is 0.269. The van der Waals surface area contributed by atoms with Gasteiger partial charge in [0.05, 0.1) is 7.11 Å². The molecule has 2 aliphatic rings. The van der Waals surface area contributed by atoms with Crippen LogP contribution in [-0.4, -0.2) is 67.1 Å². The van der Waals surface area contributed by atoms with Crippen molar-refractivity contribution >= 4 is 11.7 Å². The fourth-order valence-electron chi connectivity index (χ4n) is 4.42. The summed E-state index contributed by atoms with van der Waals surface area (Å²) in [7, 11) is 1.69. The van der Waals surface area contributed by atoms with Gasteiger partial charge in [0.2, 0.25) is 5.91 Å². The van der Waals surface area contributed by atoms with Crippen LogP contribution in [0.3, 0.4) is 0 Å². The van der Waals surface area contributed by atoms with Gasteiger partial charge in [-0.25, -0.2) is 4.98 Å². The van der Waals surface area contributed by atoms with Crippen molar-refractivity contribution in [1.29, 1.82) is 0 Å². The van der Waals surface area contributed by atoms with Gasteiger partial charge >= 0.3 is 0 Å². The highest BCUT2D eigenvalue weighted by Gasteiger charge is 2.28. The first-order valence-corrected chi connectivity index (χ1v) is 10.6. The predicted molar refractivity (Wildman–Crippen MR) is 114 cm³/mol. The van der Waals surface area contributed by atoms with Crippen LogP contribution < -0.4 is 9.64 Å². The van der Waals surface area contributed by atoms with Gasteiger partial charge < -0.3 is 14.5 Å². The number of likely N-dealkylation sites (tertiary alicyclic amines) is 1. The summed E-state index contributed by atoms with van der Waals surface area (Å²) >= 11 is 0. The lowest BCUT2D eigenvalue weighted by molar-refractivity contribution is -0.131. The molecule has 29 heavy (non-hydrogen) atoms. The van der Waals surface area contributed by atoms with Crippen molar-refractivity contribution in [2.45, 2.75) is 25.3 Å². The largest absolute Gasteiger partial charge is 0.497 e. The molecule has 0 radical (unpaired) electrons. The third-order valence-corrected chi connectivity index (χ3v) is 6.08. The number of pyridine rings is 1. The highest BCUT2D eigenvalue weighted by molar-refractivity contribution is 5.76. The van der Waals surface area contributed by atoms with E-state index in [9.17, 15) is 4.79 Å². The fourth-order valence-corrected chi connectivity index (χ4v) is 4.42. The molecule has 1 amide bonds. The number of benzene rings is 1. The van der Waals surface area contributed by atoms with Gasteiger partial charge in [-0.3, -0.25) is 9.69 Å². The van der Waals surface area contributed by atoms with Crippen molar-refractivity contribution < 1.29 is 9.53 Å². The molecule has 6 heteroatoms. The molecule has 0 N–H and O–H groups in total. The third kappa shape index (κ3) is 4.70. The Kier molecular flexibility index (Phi) is 6.30. The number of piperazine rings is 1. The van der Waals surface area contributed by atoms with Crippen molar-refractivity contribution in [1.82, 2.24) is 14.8 Å². The van der Waals surface area contributed by atoms with Gasteiger partial charge in [0.1, 0.15) is 11.6 Å². The van der Waals surface area contributed by atoms with Crippen LogP contribution in [0.1, 0.15) is 30.9 Å². The van der Waals surface area contributed by atoms with Crippen molar-refractivity contribution in [3.05, 3.63) is 54.2 Å². The van der Waals surface area contributed by atoms with Gasteiger partial charge in [0.25, 0.3) is 0 Å². The Bertz CT molecular complexity index is 788. The SMILES string of the molecule is COc1ccc([C@@H]2CCCN2CCC(=O)N2CCN(c3ccccn3)CC2)cc1. The molecule has 2 aliphatic heterocycles. The number of nitrogens with zero attached hydrogens (tertiary/aromatic N) is 4. The zero-order valence-corrected chi connectivity index (χ0v) is 17.2. The Morgan fingerprint density at radius 1 is 1.07 bits per heavy atom. The standard InChI is InChI=1S/C23H30N4O2/c1-29-20-9-7-19(8-10-20)21-5-4-13-25(21)14-11-23(28)27-17-15-26(16-18-27)22-6-2-3-12-24-22/h2-3,6-10,12,21H,4-5,11,13-18H2,1H3/t21-/m0/s1. The molecule has 0 spiro atoms. The third-order valence-electron chi connectivity index (χ3n) is 6.08. The van der Waals surface area contributed by atoms with E-state index in [1.54, 1.807) is 7.11 Å². The summed E-state index contributed by atoms with van der Waals surface area (Å²) in [5, 5.41) is 0. The molecule has 154 valence electrons. The number of hydrogen-bond donors (Lipinski definition) is 0. The summed E-state index contributed by atoms with van der Waals surface area (Å²) < 4.78 is 5.27. The number of amides is 1. The average molecular weight is 395 g/mol. The number of carbonyl (C=O) groups is 1. The van der Waals surface area contributed by atoms with Crippen LogP contribution in [-0.2, 0) is 4.79 Å². The van der Waals surface area contributed by atoms with Gasteiger partial charge in [-0.2, -0.15) is 0 Å². The normalized spacial score (nSPS) is 20.1. The topological polar surface area (TPSA) is 48.9 Å². The molecule has 3 heterocycles. The van der Waals surface area contributed by atoms with Crippen molar-refractivity contribution in [3.63, 3.8) is 0 Å². The molecule has 1 aromatic carbocycles. The Labute approximate surface area is 173 Å². The lowest BCUT2D eigenvalue weighted by Crippen LogP contribution is -2.49. The predicted octanol–water partition coefficient (Wildman–Crippen LogP) is 2.97. The van der Waals surface area contributed by atoms with E-state index in [0.29, 0.717) is 12.5 Å². The molecule has 1 atom stereocenters. The quantitative estimate of drug-likeness (QED) is 0.754. The zero-order chi connectivity index (χ0) is 20.1. The molecule has 0 saturated carbocycles. The van der Waals surface area contributed by atoms with Gasteiger partial charge in [0.15, 0.2) is 0 Å². The van der Waals surface area contributed by atoms with E-state index in [0.717, 1.165) is 57.3 Å². The highest BCUT2D eigenvalue weighted by atomic mass is 16.5. The first-order chi connectivity index (χ1) is 14.2. The maximum atomic E-state index is 12.8. The van der Waals surface area contributed by atoms with Crippen molar-refractivity contribution in [2.75, 3.05) is 51.3 Å². The van der Waals surface area contributed by atoms with Crippen LogP contribution in [0.25, 0.3) is 0 Å². The molecule has 1 aromatic heterocycles. The van der Waals surface area contributed by atoms with Crippen LogP contribution in [0.4, 0.5) is 5.82 Å². The maximum Gasteiger partial charge on any atom is 0.223 e. The number of rotatable bonds is 6.